The van der Waals surface area contributed by atoms with E-state index in [1.54, 1.807) is 0 Å². The lowest BCUT2D eigenvalue weighted by molar-refractivity contribution is -0.118. The van der Waals surface area contributed by atoms with Gasteiger partial charge in [-0.15, -0.1) is 0 Å². The number of rotatable bonds is 5. The molecule has 0 bridgehead atoms. The van der Waals surface area contributed by atoms with Gasteiger partial charge in [0.15, 0.2) is 6.61 Å². The Hall–Kier alpha value is -2.53. The first-order valence-electron chi connectivity index (χ1n) is 7.72. The number of nitrogens with zero attached hydrogens (tertiary/aromatic N) is 1. The number of ether oxygens (including phenoxy) is 2. The predicted octanol–water partition coefficient (Wildman–Crippen LogP) is 2.54. The van der Waals surface area contributed by atoms with Crippen molar-refractivity contribution in [2.75, 3.05) is 43.1 Å². The van der Waals surface area contributed by atoms with Gasteiger partial charge in [0.05, 0.1) is 13.2 Å². The third-order valence-corrected chi connectivity index (χ3v) is 3.62. The van der Waals surface area contributed by atoms with Crippen LogP contribution in [0.3, 0.4) is 0 Å². The number of hydrogen-bond donors (Lipinski definition) is 1. The van der Waals surface area contributed by atoms with Crippen LogP contribution < -0.4 is 15.0 Å². The first kappa shape index (κ1) is 15.4. The molecule has 0 aliphatic carbocycles. The minimum absolute atomic E-state index is 0.00814. The van der Waals surface area contributed by atoms with E-state index < -0.39 is 0 Å². The van der Waals surface area contributed by atoms with Gasteiger partial charge in [-0.3, -0.25) is 4.79 Å². The Labute approximate surface area is 135 Å². The highest BCUT2D eigenvalue weighted by Gasteiger charge is 2.12. The zero-order valence-electron chi connectivity index (χ0n) is 12.9. The highest BCUT2D eigenvalue weighted by molar-refractivity contribution is 5.92. The van der Waals surface area contributed by atoms with E-state index in [1.807, 2.05) is 54.6 Å². The first-order valence-corrected chi connectivity index (χ1v) is 7.72. The van der Waals surface area contributed by atoms with Crippen LogP contribution >= 0.6 is 0 Å². The van der Waals surface area contributed by atoms with E-state index in [2.05, 4.69) is 10.2 Å². The van der Waals surface area contributed by atoms with Crippen LogP contribution in [0.25, 0.3) is 0 Å². The Kier molecular flexibility index (Phi) is 5.11. The molecule has 1 aliphatic rings. The third-order valence-electron chi connectivity index (χ3n) is 3.62. The number of para-hydroxylation sites is 1. The van der Waals surface area contributed by atoms with Crippen LogP contribution in [0.15, 0.2) is 54.6 Å². The molecule has 120 valence electrons. The van der Waals surface area contributed by atoms with E-state index in [1.165, 1.54) is 0 Å². The summed E-state index contributed by atoms with van der Waals surface area (Å²) in [5, 5.41) is 2.87. The molecule has 0 aromatic heterocycles. The van der Waals surface area contributed by atoms with Crippen molar-refractivity contribution < 1.29 is 14.3 Å². The third kappa shape index (κ3) is 4.47. The Morgan fingerprint density at radius 1 is 1.09 bits per heavy atom. The van der Waals surface area contributed by atoms with Gasteiger partial charge in [-0.05, 0) is 30.3 Å². The van der Waals surface area contributed by atoms with Gasteiger partial charge < -0.3 is 19.7 Å². The van der Waals surface area contributed by atoms with Crippen molar-refractivity contribution in [1.82, 2.24) is 0 Å². The molecule has 0 unspecified atom stereocenters. The molecule has 3 rings (SSSR count). The molecule has 1 amide bonds. The van der Waals surface area contributed by atoms with Crippen LogP contribution in [0.2, 0.25) is 0 Å². The maximum absolute atomic E-state index is 12.0. The van der Waals surface area contributed by atoms with Gasteiger partial charge in [-0.2, -0.15) is 0 Å². The molecule has 0 atom stereocenters. The SMILES string of the molecule is O=C(COc1ccccc1)Nc1cccc(N2CCOCC2)c1. The molecule has 0 radical (unpaired) electrons. The zero-order chi connectivity index (χ0) is 15.9. The number of carbonyl (C=O) groups is 1. The van der Waals surface area contributed by atoms with E-state index in [4.69, 9.17) is 9.47 Å². The van der Waals surface area contributed by atoms with E-state index in [0.29, 0.717) is 5.75 Å². The molecule has 0 saturated carbocycles. The second-order valence-electron chi connectivity index (χ2n) is 5.30. The molecule has 5 heteroatoms. The molecule has 23 heavy (non-hydrogen) atoms. The Bertz CT molecular complexity index is 640. The highest BCUT2D eigenvalue weighted by Crippen LogP contribution is 2.20. The molecule has 1 fully saturated rings. The average molecular weight is 312 g/mol. The summed E-state index contributed by atoms with van der Waals surface area (Å²) in [4.78, 5) is 14.3. The predicted molar refractivity (Wildman–Crippen MR) is 90.0 cm³/mol. The van der Waals surface area contributed by atoms with Gasteiger partial charge in [0.1, 0.15) is 5.75 Å². The minimum Gasteiger partial charge on any atom is -0.484 e. The van der Waals surface area contributed by atoms with Crippen molar-refractivity contribution in [3.63, 3.8) is 0 Å². The van der Waals surface area contributed by atoms with E-state index in [9.17, 15) is 4.79 Å². The van der Waals surface area contributed by atoms with Crippen LogP contribution in [-0.4, -0.2) is 38.8 Å². The van der Waals surface area contributed by atoms with Crippen molar-refractivity contribution in [1.29, 1.82) is 0 Å². The number of anilines is 2. The van der Waals surface area contributed by atoms with E-state index in [0.717, 1.165) is 37.7 Å². The Morgan fingerprint density at radius 2 is 1.87 bits per heavy atom. The average Bonchev–Trinajstić information content (AvgIpc) is 2.62. The number of morpholine rings is 1. The number of benzene rings is 2. The minimum atomic E-state index is -0.173. The van der Waals surface area contributed by atoms with Gasteiger partial charge in [0.2, 0.25) is 0 Å². The molecular weight excluding hydrogens is 292 g/mol. The van der Waals surface area contributed by atoms with Gasteiger partial charge in [-0.1, -0.05) is 24.3 Å². The van der Waals surface area contributed by atoms with Crippen molar-refractivity contribution in [3.05, 3.63) is 54.6 Å². The number of amides is 1. The van der Waals surface area contributed by atoms with Gasteiger partial charge in [-0.25, -0.2) is 0 Å². The fraction of sp³-hybridized carbons (Fsp3) is 0.278. The van der Waals surface area contributed by atoms with Gasteiger partial charge in [0, 0.05) is 24.5 Å². The molecular formula is C18H20N2O3. The maximum atomic E-state index is 12.0. The van der Waals surface area contributed by atoms with Crippen molar-refractivity contribution in [2.45, 2.75) is 0 Å². The molecule has 5 nitrogen and oxygen atoms in total. The van der Waals surface area contributed by atoms with E-state index in [-0.39, 0.29) is 12.5 Å². The summed E-state index contributed by atoms with van der Waals surface area (Å²) in [6, 6.07) is 17.1. The van der Waals surface area contributed by atoms with Crippen LogP contribution in [0.1, 0.15) is 0 Å². The largest absolute Gasteiger partial charge is 0.484 e. The fourth-order valence-electron chi connectivity index (χ4n) is 2.46. The first-order chi connectivity index (χ1) is 11.3. The quantitative estimate of drug-likeness (QED) is 0.922. The normalized spacial score (nSPS) is 14.3. The van der Waals surface area contributed by atoms with Crippen LogP contribution in [-0.2, 0) is 9.53 Å². The van der Waals surface area contributed by atoms with Crippen LogP contribution in [0, 0.1) is 0 Å². The molecule has 1 heterocycles. The standard InChI is InChI=1S/C18H20N2O3/c21-18(14-23-17-7-2-1-3-8-17)19-15-5-4-6-16(13-15)20-9-11-22-12-10-20/h1-8,13H,9-12,14H2,(H,19,21). The van der Waals surface area contributed by atoms with Crippen molar-refractivity contribution in [3.8, 4) is 5.75 Å². The second kappa shape index (κ2) is 7.65. The highest BCUT2D eigenvalue weighted by atomic mass is 16.5. The number of hydrogen-bond acceptors (Lipinski definition) is 4. The number of nitrogens with one attached hydrogen (secondary N) is 1. The van der Waals surface area contributed by atoms with Crippen molar-refractivity contribution in [2.24, 2.45) is 0 Å². The molecule has 1 aliphatic heterocycles. The summed E-state index contributed by atoms with van der Waals surface area (Å²) >= 11 is 0. The lowest BCUT2D eigenvalue weighted by atomic mass is 10.2. The van der Waals surface area contributed by atoms with E-state index >= 15 is 0 Å². The summed E-state index contributed by atoms with van der Waals surface area (Å²) in [5.41, 5.74) is 1.87. The summed E-state index contributed by atoms with van der Waals surface area (Å²) in [6.45, 7) is 3.21. The molecule has 0 spiro atoms. The lowest BCUT2D eigenvalue weighted by Crippen LogP contribution is -2.36. The Balaban J connectivity index is 1.55. The molecule has 2 aromatic carbocycles. The smallest absolute Gasteiger partial charge is 0.262 e. The monoisotopic (exact) mass is 312 g/mol. The zero-order valence-corrected chi connectivity index (χ0v) is 12.9. The fourth-order valence-corrected chi connectivity index (χ4v) is 2.46. The summed E-state index contributed by atoms with van der Waals surface area (Å²) in [7, 11) is 0. The van der Waals surface area contributed by atoms with Gasteiger partial charge >= 0.3 is 0 Å². The molecule has 2 aromatic rings. The summed E-state index contributed by atoms with van der Waals surface area (Å²) in [5.74, 6) is 0.512. The topological polar surface area (TPSA) is 50.8 Å². The second-order valence-corrected chi connectivity index (χ2v) is 5.30. The number of carbonyl (C=O) groups excluding carboxylic acids is 1. The molecule has 1 saturated heterocycles. The van der Waals surface area contributed by atoms with Gasteiger partial charge in [0.25, 0.3) is 5.91 Å². The summed E-state index contributed by atoms with van der Waals surface area (Å²) < 4.78 is 10.8. The maximum Gasteiger partial charge on any atom is 0.262 e. The molecule has 1 N–H and O–H groups in total. The van der Waals surface area contributed by atoms with Crippen LogP contribution in [0.4, 0.5) is 11.4 Å². The Morgan fingerprint density at radius 3 is 2.65 bits per heavy atom. The summed E-state index contributed by atoms with van der Waals surface area (Å²) in [6.07, 6.45) is 0. The lowest BCUT2D eigenvalue weighted by Gasteiger charge is -2.29. The van der Waals surface area contributed by atoms with Crippen molar-refractivity contribution >= 4 is 17.3 Å². The van der Waals surface area contributed by atoms with Crippen LogP contribution in [0.5, 0.6) is 5.75 Å².